The van der Waals surface area contributed by atoms with Gasteiger partial charge in [0.1, 0.15) is 5.82 Å². The van der Waals surface area contributed by atoms with E-state index in [0.29, 0.717) is 12.0 Å². The van der Waals surface area contributed by atoms with E-state index in [0.717, 1.165) is 12.6 Å². The first-order chi connectivity index (χ1) is 9.65. The molecular formula is C16H28N4. The van der Waals surface area contributed by atoms with Gasteiger partial charge in [-0.3, -0.25) is 9.80 Å². The second-order valence-electron chi connectivity index (χ2n) is 6.84. The molecule has 0 spiro atoms. The Morgan fingerprint density at radius 3 is 2.85 bits per heavy atom. The van der Waals surface area contributed by atoms with Crippen LogP contribution in [0.1, 0.15) is 38.9 Å². The van der Waals surface area contributed by atoms with Crippen LogP contribution in [0.5, 0.6) is 0 Å². The normalized spacial score (nSPS) is 28.8. The minimum atomic E-state index is 0.668. The average molecular weight is 276 g/mol. The molecule has 2 aliphatic rings. The molecule has 20 heavy (non-hydrogen) atoms. The van der Waals surface area contributed by atoms with Crippen LogP contribution in [0.15, 0.2) is 12.4 Å². The van der Waals surface area contributed by atoms with Crippen LogP contribution in [0.3, 0.4) is 0 Å². The number of piperazine rings is 1. The van der Waals surface area contributed by atoms with E-state index in [2.05, 4.69) is 46.4 Å². The number of piperidine rings is 1. The minimum Gasteiger partial charge on any atom is -0.337 e. The molecule has 0 amide bonds. The van der Waals surface area contributed by atoms with E-state index >= 15 is 0 Å². The number of fused-ring (bicyclic) bond motifs is 1. The number of aromatic nitrogens is 2. The lowest BCUT2D eigenvalue weighted by Crippen LogP contribution is -2.60. The molecule has 1 aromatic rings. The van der Waals surface area contributed by atoms with Gasteiger partial charge >= 0.3 is 0 Å². The summed E-state index contributed by atoms with van der Waals surface area (Å²) < 4.78 is 2.16. The predicted octanol–water partition coefficient (Wildman–Crippen LogP) is 2.11. The zero-order valence-electron chi connectivity index (χ0n) is 13.1. The van der Waals surface area contributed by atoms with Crippen molar-refractivity contribution >= 4 is 0 Å². The Morgan fingerprint density at radius 2 is 2.15 bits per heavy atom. The van der Waals surface area contributed by atoms with Gasteiger partial charge in [0.05, 0.1) is 6.54 Å². The molecule has 3 heterocycles. The molecule has 0 saturated carbocycles. The zero-order chi connectivity index (χ0) is 14.1. The van der Waals surface area contributed by atoms with E-state index in [1.807, 2.05) is 6.20 Å². The van der Waals surface area contributed by atoms with Crippen LogP contribution in [0.25, 0.3) is 0 Å². The third-order valence-electron chi connectivity index (χ3n) is 5.12. The maximum absolute atomic E-state index is 4.52. The second kappa shape index (κ2) is 5.86. The van der Waals surface area contributed by atoms with E-state index in [1.54, 1.807) is 0 Å². The van der Waals surface area contributed by atoms with Crippen molar-refractivity contribution in [3.8, 4) is 0 Å². The highest BCUT2D eigenvalue weighted by Gasteiger charge is 2.36. The van der Waals surface area contributed by atoms with Crippen LogP contribution in [0, 0.1) is 5.92 Å². The SMILES string of the molecule is CC(C)C1CN2CCCCC2CN1Cc1nccn1C. The van der Waals surface area contributed by atoms with Gasteiger partial charge in [0.2, 0.25) is 0 Å². The van der Waals surface area contributed by atoms with Gasteiger partial charge in [0.15, 0.2) is 0 Å². The van der Waals surface area contributed by atoms with E-state index in [1.165, 1.54) is 44.7 Å². The van der Waals surface area contributed by atoms with Crippen molar-refractivity contribution in [2.75, 3.05) is 19.6 Å². The van der Waals surface area contributed by atoms with Crippen molar-refractivity contribution in [3.63, 3.8) is 0 Å². The molecule has 2 atom stereocenters. The summed E-state index contributed by atoms with van der Waals surface area (Å²) in [5, 5.41) is 0. The predicted molar refractivity (Wildman–Crippen MR) is 81.5 cm³/mol. The molecule has 2 unspecified atom stereocenters. The zero-order valence-corrected chi connectivity index (χ0v) is 13.1. The molecule has 0 aliphatic carbocycles. The van der Waals surface area contributed by atoms with E-state index in [9.17, 15) is 0 Å². The number of rotatable bonds is 3. The Morgan fingerprint density at radius 1 is 1.30 bits per heavy atom. The summed E-state index contributed by atoms with van der Waals surface area (Å²) in [6, 6.07) is 1.44. The first-order valence-corrected chi connectivity index (χ1v) is 8.09. The van der Waals surface area contributed by atoms with Crippen LogP contribution >= 0.6 is 0 Å². The third-order valence-corrected chi connectivity index (χ3v) is 5.12. The molecule has 2 fully saturated rings. The number of aryl methyl sites for hydroxylation is 1. The standard InChI is InChI=1S/C16H28N4/c1-13(2)15-11-19-8-5-4-6-14(19)10-20(15)12-16-17-7-9-18(16)3/h7,9,13-15H,4-6,8,10-12H2,1-3H3. The fourth-order valence-electron chi connectivity index (χ4n) is 3.81. The number of hydrogen-bond donors (Lipinski definition) is 0. The summed E-state index contributed by atoms with van der Waals surface area (Å²) in [5.74, 6) is 1.90. The Hall–Kier alpha value is -0.870. The molecule has 2 aliphatic heterocycles. The summed E-state index contributed by atoms with van der Waals surface area (Å²) >= 11 is 0. The van der Waals surface area contributed by atoms with Crippen LogP contribution < -0.4 is 0 Å². The van der Waals surface area contributed by atoms with Gasteiger partial charge in [-0.15, -0.1) is 0 Å². The first-order valence-electron chi connectivity index (χ1n) is 8.09. The van der Waals surface area contributed by atoms with E-state index in [-0.39, 0.29) is 0 Å². The van der Waals surface area contributed by atoms with Crippen molar-refractivity contribution in [1.82, 2.24) is 19.4 Å². The molecule has 2 saturated heterocycles. The van der Waals surface area contributed by atoms with Crippen molar-refractivity contribution in [3.05, 3.63) is 18.2 Å². The van der Waals surface area contributed by atoms with Crippen molar-refractivity contribution in [2.45, 2.75) is 51.7 Å². The molecule has 112 valence electrons. The lowest BCUT2D eigenvalue weighted by Gasteiger charge is -2.49. The van der Waals surface area contributed by atoms with Crippen molar-refractivity contribution in [2.24, 2.45) is 13.0 Å². The summed E-state index contributed by atoms with van der Waals surface area (Å²) in [6.45, 7) is 9.49. The molecule has 0 bridgehead atoms. The topological polar surface area (TPSA) is 24.3 Å². The van der Waals surface area contributed by atoms with Gasteiger partial charge in [-0.2, -0.15) is 0 Å². The second-order valence-corrected chi connectivity index (χ2v) is 6.84. The van der Waals surface area contributed by atoms with Crippen LogP contribution in [0.2, 0.25) is 0 Å². The van der Waals surface area contributed by atoms with Gasteiger partial charge in [-0.05, 0) is 25.3 Å². The molecular weight excluding hydrogens is 248 g/mol. The van der Waals surface area contributed by atoms with Crippen LogP contribution in [-0.4, -0.2) is 51.1 Å². The quantitative estimate of drug-likeness (QED) is 0.845. The number of hydrogen-bond acceptors (Lipinski definition) is 3. The largest absolute Gasteiger partial charge is 0.337 e. The Balaban J connectivity index is 1.74. The molecule has 0 radical (unpaired) electrons. The maximum Gasteiger partial charge on any atom is 0.122 e. The number of imidazole rings is 1. The Labute approximate surface area is 122 Å². The summed E-state index contributed by atoms with van der Waals surface area (Å²) in [6.07, 6.45) is 8.14. The maximum atomic E-state index is 4.52. The van der Waals surface area contributed by atoms with E-state index < -0.39 is 0 Å². The molecule has 3 rings (SSSR count). The van der Waals surface area contributed by atoms with Gasteiger partial charge in [-0.1, -0.05) is 20.3 Å². The highest BCUT2D eigenvalue weighted by molar-refractivity contribution is 4.97. The molecule has 1 aromatic heterocycles. The van der Waals surface area contributed by atoms with Crippen LogP contribution in [0.4, 0.5) is 0 Å². The van der Waals surface area contributed by atoms with Gasteiger partial charge < -0.3 is 4.57 Å². The minimum absolute atomic E-state index is 0.668. The summed E-state index contributed by atoms with van der Waals surface area (Å²) in [4.78, 5) is 9.93. The fourth-order valence-corrected chi connectivity index (χ4v) is 3.81. The summed E-state index contributed by atoms with van der Waals surface area (Å²) in [7, 11) is 2.10. The van der Waals surface area contributed by atoms with Crippen molar-refractivity contribution < 1.29 is 0 Å². The molecule has 0 aromatic carbocycles. The highest BCUT2D eigenvalue weighted by Crippen LogP contribution is 2.27. The average Bonchev–Trinajstić information content (AvgIpc) is 2.83. The number of nitrogens with zero attached hydrogens (tertiary/aromatic N) is 4. The van der Waals surface area contributed by atoms with Crippen LogP contribution in [-0.2, 0) is 13.6 Å². The molecule has 0 N–H and O–H groups in total. The van der Waals surface area contributed by atoms with Gasteiger partial charge in [0.25, 0.3) is 0 Å². The van der Waals surface area contributed by atoms with Gasteiger partial charge in [-0.25, -0.2) is 4.98 Å². The third kappa shape index (κ3) is 2.77. The fraction of sp³-hybridized carbons (Fsp3) is 0.812. The lowest BCUT2D eigenvalue weighted by atomic mass is 9.92. The highest BCUT2D eigenvalue weighted by atomic mass is 15.3. The van der Waals surface area contributed by atoms with Crippen molar-refractivity contribution in [1.29, 1.82) is 0 Å². The smallest absolute Gasteiger partial charge is 0.122 e. The monoisotopic (exact) mass is 276 g/mol. The molecule has 4 nitrogen and oxygen atoms in total. The lowest BCUT2D eigenvalue weighted by molar-refractivity contribution is -0.0133. The van der Waals surface area contributed by atoms with Gasteiger partial charge in [0, 0.05) is 44.6 Å². The Bertz CT molecular complexity index is 439. The Kier molecular flexibility index (Phi) is 4.13. The summed E-state index contributed by atoms with van der Waals surface area (Å²) in [5.41, 5.74) is 0. The first kappa shape index (κ1) is 14.1. The van der Waals surface area contributed by atoms with E-state index in [4.69, 9.17) is 0 Å². The molecule has 4 heteroatoms.